The first-order valence-electron chi connectivity index (χ1n) is 5.42. The summed E-state index contributed by atoms with van der Waals surface area (Å²) in [7, 11) is 0. The lowest BCUT2D eigenvalue weighted by molar-refractivity contribution is -0.144. The van der Waals surface area contributed by atoms with Gasteiger partial charge in [-0.15, -0.1) is 0 Å². The van der Waals surface area contributed by atoms with Crippen LogP contribution in [0, 0.1) is 5.41 Å². The number of aromatic nitrogens is 3. The molecule has 0 spiro atoms. The molecule has 2 aromatic heterocycles. The highest BCUT2D eigenvalue weighted by atomic mass is 16.6. The number of nitrogens with zero attached hydrogens (tertiary/aromatic N) is 3. The summed E-state index contributed by atoms with van der Waals surface area (Å²) in [6.07, 6.45) is 7.78. The number of carbonyl (C=O) groups is 1. The molecular weight excluding hydrogens is 234 g/mol. The first kappa shape index (κ1) is 12.2. The summed E-state index contributed by atoms with van der Waals surface area (Å²) in [6.45, 7) is 3.59. The number of oxazole rings is 1. The molecule has 94 valence electrons. The van der Waals surface area contributed by atoms with Crippen molar-refractivity contribution in [3.05, 3.63) is 36.9 Å². The van der Waals surface area contributed by atoms with Gasteiger partial charge in [-0.2, -0.15) is 4.98 Å². The number of hydrogen-bond acceptors (Lipinski definition) is 6. The van der Waals surface area contributed by atoms with Crippen molar-refractivity contribution in [2.75, 3.05) is 0 Å². The molecule has 0 aliphatic carbocycles. The van der Waals surface area contributed by atoms with E-state index in [0.29, 0.717) is 6.42 Å². The maximum atomic E-state index is 12.0. The standard InChI is InChI=1S/C12H13N3O3/c1-12(2,3-9-4-13-7-14-5-9)11(16)18-10-6-17-8-15-10/h4-8H,3H2,1-2H3. The third-order valence-electron chi connectivity index (χ3n) is 2.42. The quantitative estimate of drug-likeness (QED) is 0.764. The SMILES string of the molecule is CC(C)(Cc1cncnc1)C(=O)Oc1cocn1. The molecule has 0 saturated carbocycles. The second-order valence-corrected chi connectivity index (χ2v) is 4.52. The van der Waals surface area contributed by atoms with Crippen LogP contribution in [0.15, 0.2) is 35.8 Å². The highest BCUT2D eigenvalue weighted by Crippen LogP contribution is 2.23. The Labute approximate surface area is 104 Å². The summed E-state index contributed by atoms with van der Waals surface area (Å²) in [6, 6.07) is 0. The van der Waals surface area contributed by atoms with Crippen molar-refractivity contribution in [1.82, 2.24) is 15.0 Å². The van der Waals surface area contributed by atoms with Crippen molar-refractivity contribution in [2.24, 2.45) is 5.41 Å². The Hall–Kier alpha value is -2.24. The molecule has 0 unspecified atom stereocenters. The molecule has 0 bridgehead atoms. The van der Waals surface area contributed by atoms with E-state index in [0.717, 1.165) is 5.56 Å². The van der Waals surface area contributed by atoms with Gasteiger partial charge in [0.15, 0.2) is 12.7 Å². The monoisotopic (exact) mass is 247 g/mol. The highest BCUT2D eigenvalue weighted by molar-refractivity contribution is 5.78. The summed E-state index contributed by atoms with van der Waals surface area (Å²) >= 11 is 0. The van der Waals surface area contributed by atoms with Crippen LogP contribution >= 0.6 is 0 Å². The van der Waals surface area contributed by atoms with Gasteiger partial charge in [-0.25, -0.2) is 9.97 Å². The molecule has 2 aromatic rings. The second kappa shape index (κ2) is 4.95. The number of hydrogen-bond donors (Lipinski definition) is 0. The third-order valence-corrected chi connectivity index (χ3v) is 2.42. The molecular formula is C12H13N3O3. The minimum absolute atomic E-state index is 0.164. The van der Waals surface area contributed by atoms with Crippen LogP contribution in [0.4, 0.5) is 0 Å². The molecule has 0 saturated heterocycles. The van der Waals surface area contributed by atoms with Gasteiger partial charge in [-0.1, -0.05) is 0 Å². The van der Waals surface area contributed by atoms with Crippen molar-refractivity contribution in [3.8, 4) is 5.88 Å². The Kier molecular flexibility index (Phi) is 3.36. The molecule has 0 atom stereocenters. The van der Waals surface area contributed by atoms with Gasteiger partial charge in [0, 0.05) is 12.4 Å². The highest BCUT2D eigenvalue weighted by Gasteiger charge is 2.31. The first-order valence-corrected chi connectivity index (χ1v) is 5.42. The predicted octanol–water partition coefficient (Wildman–Crippen LogP) is 1.64. The summed E-state index contributed by atoms with van der Waals surface area (Å²) in [4.78, 5) is 23.6. The lowest BCUT2D eigenvalue weighted by atomic mass is 9.87. The molecule has 0 aliphatic heterocycles. The minimum Gasteiger partial charge on any atom is -0.448 e. The maximum Gasteiger partial charge on any atom is 0.318 e. The smallest absolute Gasteiger partial charge is 0.318 e. The Balaban J connectivity index is 2.04. The van der Waals surface area contributed by atoms with Gasteiger partial charge in [0.1, 0.15) is 6.33 Å². The Morgan fingerprint density at radius 3 is 2.72 bits per heavy atom. The lowest BCUT2D eigenvalue weighted by Gasteiger charge is -2.21. The summed E-state index contributed by atoms with van der Waals surface area (Å²) < 4.78 is 9.84. The van der Waals surface area contributed by atoms with Crippen molar-refractivity contribution in [1.29, 1.82) is 0 Å². The van der Waals surface area contributed by atoms with Crippen molar-refractivity contribution in [3.63, 3.8) is 0 Å². The van der Waals surface area contributed by atoms with Gasteiger partial charge in [-0.3, -0.25) is 4.79 Å². The molecule has 6 heteroatoms. The first-order chi connectivity index (χ1) is 8.58. The predicted molar refractivity (Wildman–Crippen MR) is 61.7 cm³/mol. The summed E-state index contributed by atoms with van der Waals surface area (Å²) in [5, 5.41) is 0. The second-order valence-electron chi connectivity index (χ2n) is 4.52. The van der Waals surface area contributed by atoms with Gasteiger partial charge in [-0.05, 0) is 25.8 Å². The van der Waals surface area contributed by atoms with Gasteiger partial charge in [0.2, 0.25) is 0 Å². The molecule has 18 heavy (non-hydrogen) atoms. The fourth-order valence-electron chi connectivity index (χ4n) is 1.49. The zero-order valence-corrected chi connectivity index (χ0v) is 10.2. The van der Waals surface area contributed by atoms with Crippen molar-refractivity contribution in [2.45, 2.75) is 20.3 Å². The van der Waals surface area contributed by atoms with E-state index in [1.54, 1.807) is 26.2 Å². The number of rotatable bonds is 4. The molecule has 2 heterocycles. The van der Waals surface area contributed by atoms with Crippen LogP contribution in [0.25, 0.3) is 0 Å². The molecule has 0 aromatic carbocycles. The molecule has 0 radical (unpaired) electrons. The lowest BCUT2D eigenvalue weighted by Crippen LogP contribution is -2.31. The Morgan fingerprint density at radius 1 is 1.39 bits per heavy atom. The van der Waals surface area contributed by atoms with Crippen LogP contribution in [-0.2, 0) is 11.2 Å². The van der Waals surface area contributed by atoms with E-state index >= 15 is 0 Å². The van der Waals surface area contributed by atoms with Crippen LogP contribution in [0.5, 0.6) is 5.88 Å². The fourth-order valence-corrected chi connectivity index (χ4v) is 1.49. The van der Waals surface area contributed by atoms with Crippen LogP contribution in [0.3, 0.4) is 0 Å². The van der Waals surface area contributed by atoms with Gasteiger partial charge >= 0.3 is 5.97 Å². The number of carbonyl (C=O) groups excluding carboxylic acids is 1. The van der Waals surface area contributed by atoms with E-state index in [-0.39, 0.29) is 11.8 Å². The Bertz CT molecular complexity index is 509. The molecule has 2 rings (SSSR count). The van der Waals surface area contributed by atoms with Gasteiger partial charge in [0.05, 0.1) is 5.41 Å². The van der Waals surface area contributed by atoms with Crippen molar-refractivity contribution >= 4 is 5.97 Å². The maximum absolute atomic E-state index is 12.0. The van der Waals surface area contributed by atoms with Crippen molar-refractivity contribution < 1.29 is 13.9 Å². The topological polar surface area (TPSA) is 78.1 Å². The number of ether oxygens (including phenoxy) is 1. The minimum atomic E-state index is -0.691. The Morgan fingerprint density at radius 2 is 2.11 bits per heavy atom. The van der Waals surface area contributed by atoms with E-state index in [2.05, 4.69) is 15.0 Å². The van der Waals surface area contributed by atoms with Crippen LogP contribution in [0.2, 0.25) is 0 Å². The van der Waals surface area contributed by atoms with Gasteiger partial charge in [0.25, 0.3) is 5.88 Å². The molecule has 0 fully saturated rings. The zero-order valence-electron chi connectivity index (χ0n) is 10.2. The molecule has 6 nitrogen and oxygen atoms in total. The van der Waals surface area contributed by atoms with E-state index in [9.17, 15) is 4.79 Å². The molecule has 0 N–H and O–H groups in total. The normalized spacial score (nSPS) is 11.2. The van der Waals surface area contributed by atoms with E-state index < -0.39 is 5.41 Å². The van der Waals surface area contributed by atoms with Crippen LogP contribution < -0.4 is 4.74 Å². The summed E-state index contributed by atoms with van der Waals surface area (Å²) in [5.41, 5.74) is 0.184. The average Bonchev–Trinajstić information content (AvgIpc) is 2.82. The van der Waals surface area contributed by atoms with Crippen LogP contribution in [-0.4, -0.2) is 20.9 Å². The molecule has 0 aliphatic rings. The van der Waals surface area contributed by atoms with Gasteiger partial charge < -0.3 is 9.15 Å². The van der Waals surface area contributed by atoms with E-state index in [4.69, 9.17) is 9.15 Å². The molecule has 0 amide bonds. The summed E-state index contributed by atoms with van der Waals surface area (Å²) in [5.74, 6) is -0.211. The van der Waals surface area contributed by atoms with Crippen LogP contribution in [0.1, 0.15) is 19.4 Å². The van der Waals surface area contributed by atoms with E-state index in [1.807, 2.05) is 0 Å². The number of esters is 1. The third kappa shape index (κ3) is 2.91. The zero-order chi connectivity index (χ0) is 13.0. The average molecular weight is 247 g/mol. The van der Waals surface area contributed by atoms with E-state index in [1.165, 1.54) is 19.0 Å². The largest absolute Gasteiger partial charge is 0.448 e. The fraction of sp³-hybridized carbons (Fsp3) is 0.333.